The summed E-state index contributed by atoms with van der Waals surface area (Å²) in [5.74, 6) is 0. The third-order valence-corrected chi connectivity index (χ3v) is 7.06. The molecule has 3 heterocycles. The third-order valence-electron chi connectivity index (χ3n) is 6.64. The van der Waals surface area contributed by atoms with Crippen molar-refractivity contribution in [1.29, 1.82) is 0 Å². The number of hydrogen-bond acceptors (Lipinski definition) is 4. The number of rotatable bonds is 2. The van der Waals surface area contributed by atoms with Crippen LogP contribution in [0.1, 0.15) is 61.8 Å². The van der Waals surface area contributed by atoms with Gasteiger partial charge in [-0.1, -0.05) is 36.4 Å². The van der Waals surface area contributed by atoms with E-state index in [4.69, 9.17) is 22.0 Å². The van der Waals surface area contributed by atoms with Crippen molar-refractivity contribution in [1.82, 2.24) is 0 Å². The van der Waals surface area contributed by atoms with Gasteiger partial charge in [-0.25, -0.2) is 0 Å². The average molecular weight is 493 g/mol. The summed E-state index contributed by atoms with van der Waals surface area (Å²) < 4.78 is 12.2. The van der Waals surface area contributed by atoms with Crippen LogP contribution in [0.4, 0.5) is 11.4 Å². The topological polar surface area (TPSA) is 24.7 Å². The Bertz CT molecular complexity index is 993. The van der Waals surface area contributed by atoms with Crippen molar-refractivity contribution in [2.24, 2.45) is 0 Å². The summed E-state index contributed by atoms with van der Waals surface area (Å²) in [6.45, 7) is 16.9. The maximum atomic E-state index is 6.08. The van der Waals surface area contributed by atoms with Crippen molar-refractivity contribution in [3.8, 4) is 0 Å². The van der Waals surface area contributed by atoms with Crippen LogP contribution in [0.3, 0.4) is 0 Å². The largest absolute Gasteiger partial charge is 0.712 e. The van der Waals surface area contributed by atoms with Gasteiger partial charge in [0.1, 0.15) is 0 Å². The highest BCUT2D eigenvalue weighted by Gasteiger charge is 2.35. The molecular weight excluding hydrogens is 451 g/mol. The van der Waals surface area contributed by atoms with Gasteiger partial charge in [-0.15, -0.1) is 0 Å². The Morgan fingerprint density at radius 2 is 1.14 bits per heavy atom. The van der Waals surface area contributed by atoms with Crippen LogP contribution in [0.2, 0.25) is 0 Å². The Morgan fingerprint density at radius 3 is 1.54 bits per heavy atom. The van der Waals surface area contributed by atoms with Crippen molar-refractivity contribution >= 4 is 35.8 Å². The van der Waals surface area contributed by atoms with E-state index >= 15 is 0 Å². The van der Waals surface area contributed by atoms with Crippen LogP contribution in [0.15, 0.2) is 48.2 Å². The molecule has 0 amide bonds. The first-order chi connectivity index (χ1) is 16.8. The lowest BCUT2D eigenvalue weighted by Gasteiger charge is -2.38. The van der Waals surface area contributed by atoms with Gasteiger partial charge in [-0.05, 0) is 71.4 Å². The zero-order chi connectivity index (χ0) is 25.4. The van der Waals surface area contributed by atoms with E-state index in [1.807, 2.05) is 0 Å². The lowest BCUT2D eigenvalue weighted by Crippen LogP contribution is -2.49. The molecule has 2 saturated heterocycles. The normalized spacial score (nSPS) is 17.5. The standard InChI is InChI=1S/C21H25BN2S.2C4H8O/c1-14-9-7-10-15(2)20(14)23-18(5)13-19(6)24(22(23)25)21-16(3)11-8-12-17(21)4;2*1-2-4-5-3-1/h7-13H,1-6H3;2*1-4H2. The van der Waals surface area contributed by atoms with Gasteiger partial charge in [0, 0.05) is 61.9 Å². The molecule has 0 radical (unpaired) electrons. The Balaban J connectivity index is 0.000000281. The predicted molar refractivity (Wildman–Crippen MR) is 152 cm³/mol. The number of anilines is 1. The van der Waals surface area contributed by atoms with Crippen LogP contribution in [-0.2, 0) is 22.0 Å². The van der Waals surface area contributed by atoms with Crippen LogP contribution in [0.5, 0.6) is 0 Å². The number of nitrogens with zero attached hydrogens (tertiary/aromatic N) is 2. The van der Waals surface area contributed by atoms with Crippen molar-refractivity contribution in [2.45, 2.75) is 67.2 Å². The van der Waals surface area contributed by atoms with Crippen molar-refractivity contribution < 1.29 is 14.0 Å². The molecule has 6 heteroatoms. The number of aryl methyl sites for hydroxylation is 4. The summed E-state index contributed by atoms with van der Waals surface area (Å²) in [6.07, 6.45) is 7.16. The second-order valence-electron chi connectivity index (χ2n) is 9.61. The summed E-state index contributed by atoms with van der Waals surface area (Å²) >= 11 is 6.08. The molecular formula is C29H41BN2O2S. The Morgan fingerprint density at radius 1 is 0.714 bits per heavy atom. The van der Waals surface area contributed by atoms with Crippen molar-refractivity contribution in [3.05, 3.63) is 70.4 Å². The van der Waals surface area contributed by atoms with Crippen LogP contribution in [0, 0.1) is 27.7 Å². The van der Waals surface area contributed by atoms with Crippen molar-refractivity contribution in [3.63, 3.8) is 0 Å². The van der Waals surface area contributed by atoms with E-state index in [-0.39, 0.29) is 6.26 Å². The number of ether oxygens (including phenoxy) is 2. The third kappa shape index (κ3) is 7.02. The van der Waals surface area contributed by atoms with E-state index in [2.05, 4.69) is 93.3 Å². The summed E-state index contributed by atoms with van der Waals surface area (Å²) in [4.78, 5) is 2.29. The highest BCUT2D eigenvalue weighted by atomic mass is 32.1. The van der Waals surface area contributed by atoms with Crippen LogP contribution < -0.4 is 4.81 Å². The van der Waals surface area contributed by atoms with Gasteiger partial charge in [0.2, 0.25) is 0 Å². The molecule has 0 spiro atoms. The quantitative estimate of drug-likeness (QED) is 0.350. The van der Waals surface area contributed by atoms with Crippen LogP contribution in [-0.4, -0.2) is 42.9 Å². The van der Waals surface area contributed by atoms with Crippen LogP contribution in [0.25, 0.3) is 0 Å². The Labute approximate surface area is 218 Å². The second kappa shape index (κ2) is 13.3. The van der Waals surface area contributed by atoms with Gasteiger partial charge >= 0.3 is 6.26 Å². The van der Waals surface area contributed by atoms with E-state index in [0.717, 1.165) is 26.4 Å². The van der Waals surface area contributed by atoms with Crippen molar-refractivity contribution in [2.75, 3.05) is 31.2 Å². The number of para-hydroxylation sites is 2. The Hall–Kier alpha value is -2.02. The highest BCUT2D eigenvalue weighted by Crippen LogP contribution is 2.34. The molecule has 0 unspecified atom stereocenters. The molecule has 3 aliphatic rings. The fourth-order valence-corrected chi connectivity index (χ4v) is 5.41. The molecule has 4 nitrogen and oxygen atoms in total. The highest BCUT2D eigenvalue weighted by molar-refractivity contribution is 7.92. The molecule has 2 aromatic rings. The minimum absolute atomic E-state index is 0.190. The SMILES string of the molecule is C1CCOC1.C1CCOC1.CC1=CC(C)=[N+](c2c(C)cccc2C)B([S-])N1c1c(C)cccc1C. The van der Waals surface area contributed by atoms with Gasteiger partial charge < -0.3 is 26.8 Å². The zero-order valence-corrected chi connectivity index (χ0v) is 23.2. The molecule has 0 aromatic heterocycles. The lowest BCUT2D eigenvalue weighted by atomic mass is 9.90. The minimum atomic E-state index is -0.190. The van der Waals surface area contributed by atoms with E-state index in [0.29, 0.717) is 0 Å². The molecule has 0 atom stereocenters. The second-order valence-corrected chi connectivity index (χ2v) is 10.0. The van der Waals surface area contributed by atoms with E-state index in [1.165, 1.54) is 70.7 Å². The first-order valence-electron chi connectivity index (χ1n) is 12.9. The monoisotopic (exact) mass is 492 g/mol. The van der Waals surface area contributed by atoms with E-state index in [1.54, 1.807) is 0 Å². The first kappa shape index (κ1) is 27.6. The minimum Gasteiger partial charge on any atom is -0.712 e. The molecule has 0 N–H and O–H groups in total. The lowest BCUT2D eigenvalue weighted by molar-refractivity contribution is -0.283. The fraction of sp³-hybridized carbons (Fsp3) is 0.483. The molecule has 0 saturated carbocycles. The predicted octanol–water partition coefficient (Wildman–Crippen LogP) is 6.57. The zero-order valence-electron chi connectivity index (χ0n) is 22.4. The number of benzene rings is 2. The summed E-state index contributed by atoms with van der Waals surface area (Å²) in [5.41, 5.74) is 9.84. The Kier molecular flexibility index (Phi) is 10.5. The maximum absolute atomic E-state index is 6.08. The summed E-state index contributed by atoms with van der Waals surface area (Å²) in [7, 11) is 0. The fourth-order valence-electron chi connectivity index (χ4n) is 4.87. The summed E-state index contributed by atoms with van der Waals surface area (Å²) in [6, 6.07) is 12.9. The molecule has 35 heavy (non-hydrogen) atoms. The molecule has 188 valence electrons. The molecule has 5 rings (SSSR count). The molecule has 2 fully saturated rings. The van der Waals surface area contributed by atoms with E-state index in [9.17, 15) is 0 Å². The maximum Gasteiger partial charge on any atom is 0.462 e. The van der Waals surface area contributed by atoms with Gasteiger partial charge in [-0.3, -0.25) is 4.49 Å². The van der Waals surface area contributed by atoms with E-state index < -0.39 is 0 Å². The van der Waals surface area contributed by atoms with Gasteiger partial charge in [0.25, 0.3) is 0 Å². The number of allylic oxidation sites excluding steroid dienone is 2. The molecule has 0 bridgehead atoms. The van der Waals surface area contributed by atoms with Gasteiger partial charge in [0.05, 0.1) is 0 Å². The van der Waals surface area contributed by atoms with Gasteiger partial charge in [-0.2, -0.15) is 0 Å². The first-order valence-corrected chi connectivity index (χ1v) is 13.3. The smallest absolute Gasteiger partial charge is 0.462 e. The van der Waals surface area contributed by atoms with Gasteiger partial charge in [0.15, 0.2) is 11.4 Å². The average Bonchev–Trinajstić information content (AvgIpc) is 3.56. The molecule has 0 aliphatic carbocycles. The molecule has 3 aliphatic heterocycles. The number of hydrogen-bond donors (Lipinski definition) is 0. The summed E-state index contributed by atoms with van der Waals surface area (Å²) in [5, 5.41) is 0. The van der Waals surface area contributed by atoms with Crippen LogP contribution >= 0.6 is 0 Å². The molecule has 2 aromatic carbocycles.